The van der Waals surface area contributed by atoms with E-state index in [2.05, 4.69) is 19.9 Å². The van der Waals surface area contributed by atoms with Gasteiger partial charge in [0, 0.05) is 52.9 Å². The van der Waals surface area contributed by atoms with Gasteiger partial charge in [-0.25, -0.2) is 19.3 Å². The number of H-pyrrole nitrogens is 1. The lowest BCUT2D eigenvalue weighted by atomic mass is 10.0. The van der Waals surface area contributed by atoms with Gasteiger partial charge in [0.15, 0.2) is 5.82 Å². The molecule has 184 valence electrons. The number of rotatable bonds is 8. The van der Waals surface area contributed by atoms with Crippen molar-refractivity contribution in [2.45, 2.75) is 39.7 Å². The zero-order valence-corrected chi connectivity index (χ0v) is 20.4. The fourth-order valence-corrected chi connectivity index (χ4v) is 4.42. The minimum atomic E-state index is -0.429. The van der Waals surface area contributed by atoms with Crippen LogP contribution in [0.15, 0.2) is 55.2 Å². The van der Waals surface area contributed by atoms with Crippen molar-refractivity contribution in [2.24, 2.45) is 5.92 Å². The van der Waals surface area contributed by atoms with Gasteiger partial charge in [-0.3, -0.25) is 9.78 Å². The number of carbonyl (C=O) groups excluding carboxylic acids is 1. The van der Waals surface area contributed by atoms with Crippen molar-refractivity contribution < 1.29 is 13.9 Å². The van der Waals surface area contributed by atoms with E-state index in [-0.39, 0.29) is 17.9 Å². The first-order chi connectivity index (χ1) is 17.5. The van der Waals surface area contributed by atoms with Crippen LogP contribution in [-0.4, -0.2) is 42.1 Å². The molecule has 0 spiro atoms. The van der Waals surface area contributed by atoms with Crippen LogP contribution in [0.5, 0.6) is 0 Å². The Balaban J connectivity index is 1.59. The van der Waals surface area contributed by atoms with E-state index in [1.165, 1.54) is 12.3 Å². The SMILES string of the molecule is CCOC(=O)[C@H](C)[C@@H](C)n1cc(CCc2ccccn2)c2cnc(-c3c[nH]c4ncc(F)cc34)nc21. The number of fused-ring (bicyclic) bond motifs is 2. The molecule has 36 heavy (non-hydrogen) atoms. The first-order valence-corrected chi connectivity index (χ1v) is 12.0. The normalized spacial score (nSPS) is 13.2. The van der Waals surface area contributed by atoms with Gasteiger partial charge in [0.2, 0.25) is 0 Å². The number of nitrogens with zero attached hydrogens (tertiary/aromatic N) is 5. The number of aromatic nitrogens is 6. The van der Waals surface area contributed by atoms with E-state index >= 15 is 0 Å². The molecule has 1 N–H and O–H groups in total. The molecule has 0 aromatic carbocycles. The van der Waals surface area contributed by atoms with Gasteiger partial charge >= 0.3 is 5.97 Å². The molecule has 5 heterocycles. The van der Waals surface area contributed by atoms with E-state index in [0.717, 1.165) is 29.5 Å². The quantitative estimate of drug-likeness (QED) is 0.308. The summed E-state index contributed by atoms with van der Waals surface area (Å²) >= 11 is 0. The fraction of sp³-hybridized carbons (Fsp3) is 0.296. The highest BCUT2D eigenvalue weighted by Crippen LogP contribution is 2.31. The molecule has 0 saturated heterocycles. The summed E-state index contributed by atoms with van der Waals surface area (Å²) < 4.78 is 21.2. The number of aryl methyl sites for hydroxylation is 2. The van der Waals surface area contributed by atoms with Gasteiger partial charge in [0.1, 0.15) is 17.1 Å². The minimum Gasteiger partial charge on any atom is -0.466 e. The standard InChI is InChI=1S/C27H27FN6O2/c1-4-36-27(35)16(2)17(3)34-15-18(8-9-20-7-5-6-10-29-20)22-13-32-25(33-26(22)34)23-14-31-24-21(23)11-19(28)12-30-24/h5-7,10-17H,4,8-9H2,1-3H3,(H,30,31)/t16-,17-/m1/s1. The van der Waals surface area contributed by atoms with E-state index < -0.39 is 5.82 Å². The first-order valence-electron chi connectivity index (χ1n) is 12.0. The topological polar surface area (TPSA) is 98.6 Å². The van der Waals surface area contributed by atoms with Crippen molar-refractivity contribution in [3.63, 3.8) is 0 Å². The van der Waals surface area contributed by atoms with Gasteiger partial charge in [-0.1, -0.05) is 6.07 Å². The number of nitrogens with one attached hydrogen (secondary N) is 1. The molecule has 0 aliphatic carbocycles. The maximum absolute atomic E-state index is 13.9. The highest BCUT2D eigenvalue weighted by atomic mass is 19.1. The molecule has 0 unspecified atom stereocenters. The predicted octanol–water partition coefficient (Wildman–Crippen LogP) is 5.05. The third-order valence-corrected chi connectivity index (χ3v) is 6.59. The van der Waals surface area contributed by atoms with Crippen molar-refractivity contribution in [2.75, 3.05) is 6.61 Å². The summed E-state index contributed by atoms with van der Waals surface area (Å²) in [5.74, 6) is -0.613. The number of esters is 1. The Labute approximate surface area is 207 Å². The van der Waals surface area contributed by atoms with Crippen molar-refractivity contribution in [3.05, 3.63) is 72.3 Å². The monoisotopic (exact) mass is 486 g/mol. The number of pyridine rings is 2. The third kappa shape index (κ3) is 4.44. The summed E-state index contributed by atoms with van der Waals surface area (Å²) in [6.07, 6.45) is 10.0. The zero-order valence-electron chi connectivity index (χ0n) is 20.4. The highest BCUT2D eigenvalue weighted by Gasteiger charge is 2.26. The van der Waals surface area contributed by atoms with Crippen LogP contribution in [0.25, 0.3) is 33.5 Å². The third-order valence-electron chi connectivity index (χ3n) is 6.59. The van der Waals surface area contributed by atoms with Crippen LogP contribution >= 0.6 is 0 Å². The Morgan fingerprint density at radius 3 is 2.78 bits per heavy atom. The molecule has 0 bridgehead atoms. The summed E-state index contributed by atoms with van der Waals surface area (Å²) in [6.45, 7) is 5.97. The van der Waals surface area contributed by atoms with Gasteiger partial charge in [0.25, 0.3) is 0 Å². The van der Waals surface area contributed by atoms with Crippen LogP contribution in [0, 0.1) is 11.7 Å². The molecule has 0 radical (unpaired) electrons. The Morgan fingerprint density at radius 1 is 1.14 bits per heavy atom. The van der Waals surface area contributed by atoms with Crippen LogP contribution in [0.3, 0.4) is 0 Å². The molecular formula is C27H27FN6O2. The Bertz CT molecular complexity index is 1530. The van der Waals surface area contributed by atoms with Crippen LogP contribution < -0.4 is 0 Å². The molecule has 5 rings (SSSR count). The van der Waals surface area contributed by atoms with Gasteiger partial charge in [-0.15, -0.1) is 0 Å². The van der Waals surface area contributed by atoms with E-state index in [0.29, 0.717) is 34.7 Å². The van der Waals surface area contributed by atoms with Gasteiger partial charge in [-0.2, -0.15) is 0 Å². The lowest BCUT2D eigenvalue weighted by Crippen LogP contribution is -2.24. The molecule has 5 aromatic heterocycles. The number of hydrogen-bond donors (Lipinski definition) is 1. The molecule has 0 saturated carbocycles. The zero-order chi connectivity index (χ0) is 25.2. The van der Waals surface area contributed by atoms with Crippen LogP contribution in [-0.2, 0) is 22.4 Å². The van der Waals surface area contributed by atoms with Gasteiger partial charge < -0.3 is 14.3 Å². The molecule has 8 nitrogen and oxygen atoms in total. The maximum Gasteiger partial charge on any atom is 0.310 e. The molecular weight excluding hydrogens is 459 g/mol. The largest absolute Gasteiger partial charge is 0.466 e. The molecule has 2 atom stereocenters. The summed E-state index contributed by atoms with van der Waals surface area (Å²) in [4.78, 5) is 33.6. The number of carbonyl (C=O) groups is 1. The van der Waals surface area contributed by atoms with Crippen LogP contribution in [0.4, 0.5) is 4.39 Å². The molecule has 0 aliphatic rings. The van der Waals surface area contributed by atoms with Crippen LogP contribution in [0.1, 0.15) is 38.1 Å². The number of halogens is 1. The van der Waals surface area contributed by atoms with Crippen molar-refractivity contribution in [1.29, 1.82) is 0 Å². The molecule has 0 fully saturated rings. The second-order valence-electron chi connectivity index (χ2n) is 8.85. The smallest absolute Gasteiger partial charge is 0.310 e. The lowest BCUT2D eigenvalue weighted by Gasteiger charge is -2.20. The molecule has 5 aromatic rings. The predicted molar refractivity (Wildman–Crippen MR) is 135 cm³/mol. The summed E-state index contributed by atoms with van der Waals surface area (Å²) in [6, 6.07) is 7.09. The van der Waals surface area contributed by atoms with E-state index in [1.54, 1.807) is 25.5 Å². The fourth-order valence-electron chi connectivity index (χ4n) is 4.42. The number of ether oxygens (including phenoxy) is 1. The van der Waals surface area contributed by atoms with Crippen molar-refractivity contribution in [3.8, 4) is 11.4 Å². The summed E-state index contributed by atoms with van der Waals surface area (Å²) in [5, 5.41) is 1.51. The highest BCUT2D eigenvalue weighted by molar-refractivity contribution is 5.93. The Kier molecular flexibility index (Phi) is 6.45. The Hall–Kier alpha value is -4.14. The minimum absolute atomic E-state index is 0.208. The lowest BCUT2D eigenvalue weighted by molar-refractivity contribution is -0.148. The van der Waals surface area contributed by atoms with Crippen LogP contribution in [0.2, 0.25) is 0 Å². The average molecular weight is 487 g/mol. The summed E-state index contributed by atoms with van der Waals surface area (Å²) in [7, 11) is 0. The van der Waals surface area contributed by atoms with Gasteiger partial charge in [-0.05, 0) is 57.4 Å². The number of hydrogen-bond acceptors (Lipinski definition) is 6. The first kappa shape index (κ1) is 23.6. The Morgan fingerprint density at radius 2 is 2.00 bits per heavy atom. The molecule has 0 amide bonds. The molecule has 9 heteroatoms. The van der Waals surface area contributed by atoms with E-state index in [4.69, 9.17) is 9.72 Å². The second kappa shape index (κ2) is 9.85. The molecule has 0 aliphatic heterocycles. The van der Waals surface area contributed by atoms with E-state index in [9.17, 15) is 9.18 Å². The number of aromatic amines is 1. The van der Waals surface area contributed by atoms with Gasteiger partial charge in [0.05, 0.1) is 18.7 Å². The van der Waals surface area contributed by atoms with Crippen molar-refractivity contribution >= 4 is 28.0 Å². The average Bonchev–Trinajstić information content (AvgIpc) is 3.48. The summed E-state index contributed by atoms with van der Waals surface area (Å²) in [5.41, 5.74) is 3.99. The van der Waals surface area contributed by atoms with Crippen molar-refractivity contribution in [1.82, 2.24) is 29.5 Å². The maximum atomic E-state index is 13.9. The second-order valence-corrected chi connectivity index (χ2v) is 8.85. The van der Waals surface area contributed by atoms with E-state index in [1.807, 2.05) is 42.8 Å².